The molecule has 0 unspecified atom stereocenters. The maximum absolute atomic E-state index is 13.0. The molecule has 3 nitrogen and oxygen atoms in total. The van der Waals surface area contributed by atoms with Gasteiger partial charge in [0.15, 0.2) is 6.61 Å². The van der Waals surface area contributed by atoms with Crippen LogP contribution < -0.4 is 10.1 Å². The van der Waals surface area contributed by atoms with E-state index in [9.17, 15) is 9.18 Å². The Morgan fingerprint density at radius 3 is 2.93 bits per heavy atom. The van der Waals surface area contributed by atoms with Gasteiger partial charge >= 0.3 is 0 Å². The molecule has 1 aromatic rings. The Morgan fingerprint density at radius 1 is 1.67 bits per heavy atom. The van der Waals surface area contributed by atoms with E-state index in [1.807, 2.05) is 0 Å². The molecule has 1 N–H and O–H groups in total. The van der Waals surface area contributed by atoms with E-state index in [0.29, 0.717) is 0 Å². The van der Waals surface area contributed by atoms with E-state index in [-0.39, 0.29) is 27.8 Å². The van der Waals surface area contributed by atoms with Crippen LogP contribution in [0, 0.1) is 5.82 Å². The van der Waals surface area contributed by atoms with Gasteiger partial charge in [-0.15, -0.1) is 0 Å². The lowest BCUT2D eigenvalue weighted by atomic mass is 10.3. The second kappa shape index (κ2) is 5.32. The zero-order chi connectivity index (χ0) is 11.4. The number of amides is 1. The van der Waals surface area contributed by atoms with E-state index in [1.54, 1.807) is 0 Å². The Kier molecular flexibility index (Phi) is 4.35. The van der Waals surface area contributed by atoms with Crippen LogP contribution in [0.3, 0.4) is 0 Å². The molecule has 0 heterocycles. The van der Waals surface area contributed by atoms with Crippen LogP contribution in [0.25, 0.3) is 0 Å². The van der Waals surface area contributed by atoms with Crippen molar-refractivity contribution in [1.29, 1.82) is 0 Å². The van der Waals surface area contributed by atoms with Crippen LogP contribution in [0.2, 0.25) is 5.02 Å². The summed E-state index contributed by atoms with van der Waals surface area (Å²) < 4.78 is 18.3. The van der Waals surface area contributed by atoms with Gasteiger partial charge in [-0.05, 0) is 28.1 Å². The molecule has 1 aromatic carbocycles. The Bertz CT molecular complexity index is 387. The van der Waals surface area contributed by atoms with Gasteiger partial charge in [0, 0.05) is 7.05 Å². The van der Waals surface area contributed by atoms with Gasteiger partial charge < -0.3 is 10.1 Å². The highest BCUT2D eigenvalue weighted by Crippen LogP contribution is 2.30. The van der Waals surface area contributed by atoms with Crippen LogP contribution in [0.4, 0.5) is 4.39 Å². The minimum Gasteiger partial charge on any atom is -0.482 e. The van der Waals surface area contributed by atoms with Crippen LogP contribution in [0.5, 0.6) is 5.75 Å². The Hall–Kier alpha value is -0.810. The minimum atomic E-state index is -0.479. The van der Waals surface area contributed by atoms with E-state index >= 15 is 0 Å². The number of hydrogen-bond donors (Lipinski definition) is 1. The highest BCUT2D eigenvalue weighted by Gasteiger charge is 2.09. The van der Waals surface area contributed by atoms with Gasteiger partial charge in [0.1, 0.15) is 11.6 Å². The topological polar surface area (TPSA) is 38.3 Å². The van der Waals surface area contributed by atoms with Gasteiger partial charge in [-0.3, -0.25) is 4.79 Å². The zero-order valence-electron chi connectivity index (χ0n) is 7.81. The zero-order valence-corrected chi connectivity index (χ0v) is 10.2. The van der Waals surface area contributed by atoms with Crippen LogP contribution in [0.1, 0.15) is 0 Å². The van der Waals surface area contributed by atoms with Gasteiger partial charge in [0.25, 0.3) is 5.91 Å². The van der Waals surface area contributed by atoms with Crippen LogP contribution >= 0.6 is 27.5 Å². The molecule has 0 fully saturated rings. The first-order valence-electron chi connectivity index (χ1n) is 4.02. The molecule has 0 aliphatic carbocycles. The molecule has 0 saturated carbocycles. The molecule has 0 atom stereocenters. The van der Waals surface area contributed by atoms with Crippen molar-refractivity contribution < 1.29 is 13.9 Å². The number of ether oxygens (including phenoxy) is 1. The standard InChI is InChI=1S/C9H8BrClFNO2/c1-13-9(14)4-15-8-2-5(10)7(12)3-6(8)11/h2-3H,4H2,1H3,(H,13,14). The highest BCUT2D eigenvalue weighted by atomic mass is 79.9. The molecule has 0 bridgehead atoms. The number of carbonyl (C=O) groups excluding carboxylic acids is 1. The molecule has 0 radical (unpaired) electrons. The van der Waals surface area contributed by atoms with Crippen LogP contribution in [0.15, 0.2) is 16.6 Å². The largest absolute Gasteiger partial charge is 0.482 e. The number of likely N-dealkylation sites (N-methyl/N-ethyl adjacent to an activating group) is 1. The number of nitrogens with one attached hydrogen (secondary N) is 1. The quantitative estimate of drug-likeness (QED) is 0.870. The van der Waals surface area contributed by atoms with Crippen molar-refractivity contribution in [3.8, 4) is 5.75 Å². The first-order valence-corrected chi connectivity index (χ1v) is 5.19. The lowest BCUT2D eigenvalue weighted by molar-refractivity contribution is -0.122. The summed E-state index contributed by atoms with van der Waals surface area (Å²) in [5.41, 5.74) is 0. The summed E-state index contributed by atoms with van der Waals surface area (Å²) in [5.74, 6) is -0.507. The van der Waals surface area contributed by atoms with Crippen molar-refractivity contribution in [2.24, 2.45) is 0 Å². The van der Waals surface area contributed by atoms with Crippen molar-refractivity contribution >= 4 is 33.4 Å². The van der Waals surface area contributed by atoms with E-state index < -0.39 is 5.82 Å². The number of hydrogen-bond acceptors (Lipinski definition) is 2. The molecule has 82 valence electrons. The molecule has 0 aliphatic rings. The summed E-state index contributed by atoms with van der Waals surface area (Å²) in [7, 11) is 1.49. The summed E-state index contributed by atoms with van der Waals surface area (Å²) in [4.78, 5) is 10.9. The lowest BCUT2D eigenvalue weighted by Gasteiger charge is -2.07. The van der Waals surface area contributed by atoms with Gasteiger partial charge in [0.05, 0.1) is 9.50 Å². The van der Waals surface area contributed by atoms with Gasteiger partial charge in [-0.25, -0.2) is 4.39 Å². The smallest absolute Gasteiger partial charge is 0.257 e. The van der Waals surface area contributed by atoms with Crippen LogP contribution in [-0.2, 0) is 4.79 Å². The third-order valence-corrected chi connectivity index (χ3v) is 2.52. The number of carbonyl (C=O) groups is 1. The second-order valence-electron chi connectivity index (χ2n) is 2.66. The normalized spacial score (nSPS) is 9.87. The average Bonchev–Trinajstić information content (AvgIpc) is 2.21. The van der Waals surface area contributed by atoms with Gasteiger partial charge in [0.2, 0.25) is 0 Å². The summed E-state index contributed by atoms with van der Waals surface area (Å²) >= 11 is 8.70. The van der Waals surface area contributed by atoms with Crippen molar-refractivity contribution in [2.45, 2.75) is 0 Å². The highest BCUT2D eigenvalue weighted by molar-refractivity contribution is 9.10. The van der Waals surface area contributed by atoms with Crippen molar-refractivity contribution in [2.75, 3.05) is 13.7 Å². The fraction of sp³-hybridized carbons (Fsp3) is 0.222. The maximum Gasteiger partial charge on any atom is 0.257 e. The summed E-state index contributed by atoms with van der Waals surface area (Å²) in [5, 5.41) is 2.51. The SMILES string of the molecule is CNC(=O)COc1cc(Br)c(F)cc1Cl. The van der Waals surface area contributed by atoms with Crippen molar-refractivity contribution in [3.05, 3.63) is 27.4 Å². The molecule has 1 rings (SSSR count). The van der Waals surface area contributed by atoms with Gasteiger partial charge in [-0.2, -0.15) is 0 Å². The molecule has 15 heavy (non-hydrogen) atoms. The molecule has 6 heteroatoms. The van der Waals surface area contributed by atoms with Crippen molar-refractivity contribution in [3.63, 3.8) is 0 Å². The molecule has 0 spiro atoms. The van der Waals surface area contributed by atoms with Crippen LogP contribution in [-0.4, -0.2) is 19.6 Å². The molecule has 0 saturated heterocycles. The fourth-order valence-electron chi connectivity index (χ4n) is 0.830. The van der Waals surface area contributed by atoms with Gasteiger partial charge in [-0.1, -0.05) is 11.6 Å². The average molecular weight is 297 g/mol. The van der Waals surface area contributed by atoms with E-state index in [1.165, 1.54) is 13.1 Å². The third-order valence-electron chi connectivity index (χ3n) is 1.61. The number of benzene rings is 1. The predicted octanol–water partition coefficient (Wildman–Crippen LogP) is 2.37. The minimum absolute atomic E-state index is 0.125. The molecular weight excluding hydrogens is 288 g/mol. The van der Waals surface area contributed by atoms with Crippen molar-refractivity contribution in [1.82, 2.24) is 5.32 Å². The maximum atomic E-state index is 13.0. The summed E-state index contributed by atoms with van der Waals surface area (Å²) in [6.45, 7) is -0.158. The van der Waals surface area contributed by atoms with E-state index in [0.717, 1.165) is 6.07 Å². The molecular formula is C9H8BrClFNO2. The van der Waals surface area contributed by atoms with E-state index in [2.05, 4.69) is 21.2 Å². The fourth-order valence-corrected chi connectivity index (χ4v) is 1.36. The molecule has 0 aromatic heterocycles. The summed E-state index contributed by atoms with van der Waals surface area (Å²) in [6, 6.07) is 2.49. The molecule has 0 aliphatic heterocycles. The van der Waals surface area contributed by atoms with E-state index in [4.69, 9.17) is 16.3 Å². The Morgan fingerprint density at radius 2 is 2.33 bits per heavy atom. The monoisotopic (exact) mass is 295 g/mol. The molecule has 1 amide bonds. The Labute approximate surface area is 99.7 Å². The lowest BCUT2D eigenvalue weighted by Crippen LogP contribution is -2.24. The Balaban J connectivity index is 2.77. The second-order valence-corrected chi connectivity index (χ2v) is 3.92. The number of halogens is 3. The first-order chi connectivity index (χ1) is 7.04. The first kappa shape index (κ1) is 12.3. The summed E-state index contributed by atoms with van der Waals surface area (Å²) in [6.07, 6.45) is 0. The third kappa shape index (κ3) is 3.35. The number of rotatable bonds is 3. The predicted molar refractivity (Wildman–Crippen MR) is 58.7 cm³/mol.